The molecule has 0 spiro atoms. The van der Waals surface area contributed by atoms with Gasteiger partial charge in [-0.3, -0.25) is 0 Å². The van der Waals surface area contributed by atoms with E-state index in [2.05, 4.69) is 17.1 Å². The summed E-state index contributed by atoms with van der Waals surface area (Å²) in [6, 6.07) is 10.2. The van der Waals surface area contributed by atoms with Crippen LogP contribution in [0.25, 0.3) is 5.69 Å². The Labute approximate surface area is 98.1 Å². The van der Waals surface area contributed by atoms with Gasteiger partial charge < -0.3 is 0 Å². The molecule has 102 valence electrons. The van der Waals surface area contributed by atoms with Gasteiger partial charge in [-0.15, -0.1) is 0 Å². The maximum absolute atomic E-state index is 10.7. The van der Waals surface area contributed by atoms with Crippen LogP contribution in [0.1, 0.15) is 0 Å². The van der Waals surface area contributed by atoms with E-state index in [0.717, 1.165) is 0 Å². The molecule has 2 rings (SSSR count). The predicted octanol–water partition coefficient (Wildman–Crippen LogP) is 4.67. The first kappa shape index (κ1) is 14.5. The molecule has 18 heavy (non-hydrogen) atoms. The minimum Gasteiger partial charge on any atom is -0.250 e. The van der Waals surface area contributed by atoms with Crippen molar-refractivity contribution in [2.75, 3.05) is 0 Å². The Morgan fingerprint density at radius 3 is 1.78 bits per heavy atom. The summed E-state index contributed by atoms with van der Waals surface area (Å²) in [4.78, 5) is 2.99. The van der Waals surface area contributed by atoms with Crippen LogP contribution in [0.15, 0.2) is 49.1 Å². The molecule has 0 saturated carbocycles. The van der Waals surface area contributed by atoms with Gasteiger partial charge >= 0.3 is 33.0 Å². The third kappa shape index (κ3) is 8.58. The first-order valence-corrected chi connectivity index (χ1v) is 6.60. The molecule has 0 aliphatic rings. The number of aromatic amines is 1. The Morgan fingerprint density at radius 2 is 1.39 bits per heavy atom. The second-order valence-corrected chi connectivity index (χ2v) is 5.23. The van der Waals surface area contributed by atoms with Gasteiger partial charge in [-0.25, -0.2) is 9.55 Å². The summed E-state index contributed by atoms with van der Waals surface area (Å²) in [7, 11) is -10.7. The molecule has 1 aromatic heterocycles. The number of para-hydroxylation sites is 1. The molecular formula is C9H9F6N2P. The van der Waals surface area contributed by atoms with Crippen molar-refractivity contribution in [3.8, 4) is 5.69 Å². The summed E-state index contributed by atoms with van der Waals surface area (Å²) in [6.45, 7) is 0. The molecule has 0 aliphatic heterocycles. The van der Waals surface area contributed by atoms with Crippen molar-refractivity contribution in [3.63, 3.8) is 0 Å². The number of nitrogens with zero attached hydrogens (tertiary/aromatic N) is 1. The Balaban J connectivity index is 0.000000203. The van der Waals surface area contributed by atoms with Crippen molar-refractivity contribution in [2.24, 2.45) is 0 Å². The van der Waals surface area contributed by atoms with E-state index in [-0.39, 0.29) is 0 Å². The van der Waals surface area contributed by atoms with Gasteiger partial charge in [-0.1, -0.05) is 18.2 Å². The first-order valence-electron chi connectivity index (χ1n) is 4.58. The van der Waals surface area contributed by atoms with E-state index in [1.54, 1.807) is 0 Å². The van der Waals surface area contributed by atoms with Gasteiger partial charge in [0, 0.05) is 0 Å². The molecule has 0 aliphatic carbocycles. The second-order valence-electron chi connectivity index (χ2n) is 3.31. The van der Waals surface area contributed by atoms with Crippen LogP contribution in [0.5, 0.6) is 0 Å². The second kappa shape index (κ2) is 3.98. The zero-order chi connectivity index (χ0) is 13.9. The molecule has 0 radical (unpaired) electrons. The molecule has 0 atom stereocenters. The number of H-pyrrole nitrogens is 1. The molecule has 9 heteroatoms. The largest absolute Gasteiger partial charge is 0.250 e. The average molecular weight is 290 g/mol. The molecule has 1 heterocycles. The van der Waals surface area contributed by atoms with Crippen molar-refractivity contribution in [1.82, 2.24) is 4.98 Å². The van der Waals surface area contributed by atoms with Gasteiger partial charge in [0.05, 0.1) is 0 Å². The van der Waals surface area contributed by atoms with E-state index in [1.807, 2.05) is 41.5 Å². The summed E-state index contributed by atoms with van der Waals surface area (Å²) in [5, 5.41) is 0. The Bertz CT molecular complexity index is 479. The Kier molecular flexibility index (Phi) is 3.21. The monoisotopic (exact) mass is 290 g/mol. The van der Waals surface area contributed by atoms with E-state index in [4.69, 9.17) is 0 Å². The topological polar surface area (TPSA) is 19.7 Å². The van der Waals surface area contributed by atoms with Crippen molar-refractivity contribution in [3.05, 3.63) is 49.1 Å². The number of halogens is 6. The molecule has 1 aromatic carbocycles. The fourth-order valence-corrected chi connectivity index (χ4v) is 1.05. The van der Waals surface area contributed by atoms with Gasteiger partial charge in [0.25, 0.3) is 0 Å². The van der Waals surface area contributed by atoms with Gasteiger partial charge in [-0.2, -0.15) is 0 Å². The number of hydrogen-bond donors (Lipinski definition) is 1. The van der Waals surface area contributed by atoms with E-state index >= 15 is 0 Å². The molecule has 0 unspecified atom stereocenters. The predicted molar refractivity (Wildman–Crippen MR) is 55.9 cm³/mol. The van der Waals surface area contributed by atoms with Crippen LogP contribution in [-0.4, -0.2) is 4.98 Å². The molecule has 0 bridgehead atoms. The molecular weight excluding hydrogens is 281 g/mol. The SMILES string of the molecule is F[P-](F)(F)(F)(F)F.c1ccc(-[n+]2cc[nH]c2)cc1. The molecule has 0 amide bonds. The molecule has 0 fully saturated rings. The number of rotatable bonds is 1. The van der Waals surface area contributed by atoms with Crippen LogP contribution < -0.4 is 4.57 Å². The number of benzene rings is 1. The van der Waals surface area contributed by atoms with E-state index in [1.165, 1.54) is 5.69 Å². The maximum atomic E-state index is 9.87. The first-order chi connectivity index (χ1) is 7.92. The third-order valence-corrected chi connectivity index (χ3v) is 1.60. The van der Waals surface area contributed by atoms with E-state index < -0.39 is 7.81 Å². The maximum Gasteiger partial charge on any atom is 0.246 e. The summed E-state index contributed by atoms with van der Waals surface area (Å²) < 4.78 is 61.2. The quantitative estimate of drug-likeness (QED) is 0.447. The van der Waals surface area contributed by atoms with Gasteiger partial charge in [0.1, 0.15) is 18.1 Å². The average Bonchev–Trinajstić information content (AvgIpc) is 2.67. The summed E-state index contributed by atoms with van der Waals surface area (Å²) in [5.41, 5.74) is 1.17. The van der Waals surface area contributed by atoms with Crippen molar-refractivity contribution >= 4 is 7.81 Å². The number of imidazole rings is 1. The minimum absolute atomic E-state index is 1.17. The molecule has 0 saturated heterocycles. The van der Waals surface area contributed by atoms with Crippen LogP contribution in [-0.2, 0) is 0 Å². The van der Waals surface area contributed by atoms with Crippen LogP contribution in [0.4, 0.5) is 25.2 Å². The zero-order valence-corrected chi connectivity index (χ0v) is 9.68. The number of aromatic nitrogens is 2. The smallest absolute Gasteiger partial charge is 0.246 e. The number of hydrogen-bond acceptors (Lipinski definition) is 0. The minimum atomic E-state index is -10.7. The van der Waals surface area contributed by atoms with Crippen LogP contribution in [0, 0.1) is 0 Å². The fourth-order valence-electron chi connectivity index (χ4n) is 1.05. The van der Waals surface area contributed by atoms with Gasteiger partial charge in [0.2, 0.25) is 6.33 Å². The summed E-state index contributed by atoms with van der Waals surface area (Å²) in [5.74, 6) is 0. The van der Waals surface area contributed by atoms with Gasteiger partial charge in [-0.05, 0) is 12.1 Å². The van der Waals surface area contributed by atoms with Crippen LogP contribution in [0.2, 0.25) is 0 Å². The van der Waals surface area contributed by atoms with Crippen molar-refractivity contribution < 1.29 is 29.7 Å². The van der Waals surface area contributed by atoms with Crippen molar-refractivity contribution in [2.45, 2.75) is 0 Å². The Morgan fingerprint density at radius 1 is 0.889 bits per heavy atom. The van der Waals surface area contributed by atoms with E-state index in [9.17, 15) is 25.2 Å². The Hall–Kier alpha value is -1.56. The summed E-state index contributed by atoms with van der Waals surface area (Å²) in [6.07, 6.45) is 5.79. The van der Waals surface area contributed by atoms with Crippen LogP contribution >= 0.6 is 7.81 Å². The molecule has 2 nitrogen and oxygen atoms in total. The molecule has 2 aromatic rings. The standard InChI is InChI=1S/C9H8N2.F6P/c1-2-4-9(5-3-1)11-7-6-10-8-11;1-7(2,3,4,5)6/h1-8H;/q;-1/p+1. The van der Waals surface area contributed by atoms with Crippen LogP contribution in [0.3, 0.4) is 0 Å². The summed E-state index contributed by atoms with van der Waals surface area (Å²) >= 11 is 0. The zero-order valence-electron chi connectivity index (χ0n) is 8.78. The number of nitrogens with one attached hydrogen (secondary N) is 1. The van der Waals surface area contributed by atoms with Crippen molar-refractivity contribution in [1.29, 1.82) is 0 Å². The molecule has 1 N–H and O–H groups in total. The fraction of sp³-hybridized carbons (Fsp3) is 0. The normalized spacial score (nSPS) is 15.0. The third-order valence-electron chi connectivity index (χ3n) is 1.60. The van der Waals surface area contributed by atoms with E-state index in [0.29, 0.717) is 0 Å². The van der Waals surface area contributed by atoms with Gasteiger partial charge in [0.15, 0.2) is 0 Å².